The van der Waals surface area contributed by atoms with Crippen LogP contribution in [0.5, 0.6) is 5.75 Å². The number of methoxy groups -OCH3 is 2. The van der Waals surface area contributed by atoms with Crippen LogP contribution in [0.3, 0.4) is 0 Å². The molecule has 0 bridgehead atoms. The van der Waals surface area contributed by atoms with Gasteiger partial charge in [0.05, 0.1) is 19.8 Å². The molecule has 148 valence electrons. The molecule has 0 N–H and O–H groups in total. The fourth-order valence-electron chi connectivity index (χ4n) is 3.49. The molecule has 4 aromatic rings. The van der Waals surface area contributed by atoms with E-state index in [1.54, 1.807) is 31.4 Å². The molecule has 0 saturated heterocycles. The molecule has 4 nitrogen and oxygen atoms in total. The van der Waals surface area contributed by atoms with E-state index < -0.39 is 0 Å². The fraction of sp³-hybridized carbons (Fsp3) is 0.0769. The van der Waals surface area contributed by atoms with Crippen LogP contribution in [-0.2, 0) is 4.74 Å². The number of fused-ring (bicyclic) bond motifs is 1. The molecular weight excluding hydrogens is 376 g/mol. The zero-order valence-corrected chi connectivity index (χ0v) is 16.7. The number of esters is 1. The lowest BCUT2D eigenvalue weighted by molar-refractivity contribution is 0.0600. The predicted octanol–water partition coefficient (Wildman–Crippen LogP) is 5.53. The summed E-state index contributed by atoms with van der Waals surface area (Å²) in [5.41, 5.74) is 3.50. The van der Waals surface area contributed by atoms with E-state index >= 15 is 0 Å². The summed E-state index contributed by atoms with van der Waals surface area (Å²) in [4.78, 5) is 24.9. The van der Waals surface area contributed by atoms with Gasteiger partial charge < -0.3 is 9.47 Å². The highest BCUT2D eigenvalue weighted by Gasteiger charge is 2.14. The third-order valence-electron chi connectivity index (χ3n) is 5.07. The normalized spacial score (nSPS) is 10.6. The van der Waals surface area contributed by atoms with E-state index in [2.05, 4.69) is 0 Å². The van der Waals surface area contributed by atoms with Crippen molar-refractivity contribution in [2.45, 2.75) is 0 Å². The van der Waals surface area contributed by atoms with Gasteiger partial charge in [-0.3, -0.25) is 4.79 Å². The Morgan fingerprint density at radius 3 is 1.93 bits per heavy atom. The molecule has 0 aromatic heterocycles. The van der Waals surface area contributed by atoms with E-state index in [1.165, 1.54) is 7.11 Å². The Morgan fingerprint density at radius 1 is 0.667 bits per heavy atom. The van der Waals surface area contributed by atoms with Gasteiger partial charge in [-0.1, -0.05) is 48.5 Å². The SMILES string of the molecule is COC(=O)c1ccc2cc(C(=O)c3ccc(OC)c(-c4ccccc4)c3)ccc2c1. The number of hydrogen-bond donors (Lipinski definition) is 0. The maximum Gasteiger partial charge on any atom is 0.337 e. The molecule has 0 aliphatic rings. The Kier molecular flexibility index (Phi) is 5.31. The minimum absolute atomic E-state index is 0.0752. The molecule has 0 amide bonds. The lowest BCUT2D eigenvalue weighted by atomic mass is 9.96. The quantitative estimate of drug-likeness (QED) is 0.329. The molecule has 0 aliphatic heterocycles. The van der Waals surface area contributed by atoms with E-state index in [9.17, 15) is 9.59 Å². The standard InChI is InChI=1S/C26H20O4/c1-29-24-13-12-21(16-23(24)17-6-4-3-5-7-17)25(27)20-10-8-19-15-22(26(28)30-2)11-9-18(19)14-20/h3-16H,1-2H3. The molecule has 0 atom stereocenters. The predicted molar refractivity (Wildman–Crippen MR) is 117 cm³/mol. The molecule has 30 heavy (non-hydrogen) atoms. The summed E-state index contributed by atoms with van der Waals surface area (Å²) in [5.74, 6) is 0.254. The number of carbonyl (C=O) groups excluding carboxylic acids is 2. The van der Waals surface area contributed by atoms with Crippen LogP contribution < -0.4 is 4.74 Å². The summed E-state index contributed by atoms with van der Waals surface area (Å²) < 4.78 is 10.3. The van der Waals surface area contributed by atoms with Crippen molar-refractivity contribution < 1.29 is 19.1 Å². The zero-order valence-electron chi connectivity index (χ0n) is 16.7. The van der Waals surface area contributed by atoms with Crippen molar-refractivity contribution >= 4 is 22.5 Å². The third-order valence-corrected chi connectivity index (χ3v) is 5.07. The number of hydrogen-bond acceptors (Lipinski definition) is 4. The van der Waals surface area contributed by atoms with Crippen LogP contribution in [0.25, 0.3) is 21.9 Å². The highest BCUT2D eigenvalue weighted by Crippen LogP contribution is 2.31. The summed E-state index contributed by atoms with van der Waals surface area (Å²) in [7, 11) is 2.97. The van der Waals surface area contributed by atoms with Gasteiger partial charge in [0, 0.05) is 16.7 Å². The Hall–Kier alpha value is -3.92. The van der Waals surface area contributed by atoms with Crippen molar-refractivity contribution in [2.24, 2.45) is 0 Å². The van der Waals surface area contributed by atoms with Gasteiger partial charge in [0.25, 0.3) is 0 Å². The number of carbonyl (C=O) groups is 2. The number of rotatable bonds is 5. The van der Waals surface area contributed by atoms with Crippen molar-refractivity contribution in [2.75, 3.05) is 14.2 Å². The Labute approximate surface area is 174 Å². The van der Waals surface area contributed by atoms with Gasteiger partial charge in [0.2, 0.25) is 0 Å². The first kappa shape index (κ1) is 19.4. The van der Waals surface area contributed by atoms with Crippen molar-refractivity contribution in [3.8, 4) is 16.9 Å². The maximum absolute atomic E-state index is 13.2. The first-order chi connectivity index (χ1) is 14.6. The van der Waals surface area contributed by atoms with Gasteiger partial charge in [-0.25, -0.2) is 4.79 Å². The van der Waals surface area contributed by atoms with Crippen LogP contribution in [0, 0.1) is 0 Å². The first-order valence-electron chi connectivity index (χ1n) is 9.51. The van der Waals surface area contributed by atoms with Crippen LogP contribution in [0.4, 0.5) is 0 Å². The molecule has 0 heterocycles. The molecular formula is C26H20O4. The molecule has 4 heteroatoms. The summed E-state index contributed by atoms with van der Waals surface area (Å²) in [6.07, 6.45) is 0. The van der Waals surface area contributed by atoms with E-state index in [0.29, 0.717) is 22.4 Å². The number of ketones is 1. The first-order valence-corrected chi connectivity index (χ1v) is 9.51. The lowest BCUT2D eigenvalue weighted by Gasteiger charge is -2.11. The number of ether oxygens (including phenoxy) is 2. The van der Waals surface area contributed by atoms with Crippen molar-refractivity contribution in [1.82, 2.24) is 0 Å². The summed E-state index contributed by atoms with van der Waals surface area (Å²) in [6.45, 7) is 0. The third kappa shape index (κ3) is 3.67. The molecule has 0 saturated carbocycles. The highest BCUT2D eigenvalue weighted by molar-refractivity contribution is 6.11. The van der Waals surface area contributed by atoms with Gasteiger partial charge in [0.1, 0.15) is 5.75 Å². The minimum Gasteiger partial charge on any atom is -0.496 e. The molecule has 4 aromatic carbocycles. The second-order valence-corrected chi connectivity index (χ2v) is 6.88. The topological polar surface area (TPSA) is 52.6 Å². The summed E-state index contributed by atoms with van der Waals surface area (Å²) in [5, 5.41) is 1.75. The van der Waals surface area contributed by atoms with Gasteiger partial charge >= 0.3 is 5.97 Å². The van der Waals surface area contributed by atoms with Gasteiger partial charge in [-0.2, -0.15) is 0 Å². The molecule has 0 spiro atoms. The van der Waals surface area contributed by atoms with Crippen molar-refractivity contribution in [3.05, 3.63) is 102 Å². The van der Waals surface area contributed by atoms with E-state index in [4.69, 9.17) is 9.47 Å². The number of benzene rings is 4. The van der Waals surface area contributed by atoms with Crippen LogP contribution in [0.1, 0.15) is 26.3 Å². The van der Waals surface area contributed by atoms with E-state index in [-0.39, 0.29) is 11.8 Å². The molecule has 0 fully saturated rings. The molecule has 4 rings (SSSR count). The largest absolute Gasteiger partial charge is 0.496 e. The van der Waals surface area contributed by atoms with Crippen LogP contribution in [0.15, 0.2) is 84.9 Å². The van der Waals surface area contributed by atoms with E-state index in [1.807, 2.05) is 60.7 Å². The van der Waals surface area contributed by atoms with Crippen molar-refractivity contribution in [1.29, 1.82) is 0 Å². The maximum atomic E-state index is 13.2. The van der Waals surface area contributed by atoms with Crippen LogP contribution in [0.2, 0.25) is 0 Å². The highest BCUT2D eigenvalue weighted by atomic mass is 16.5. The average molecular weight is 396 g/mol. The Bertz CT molecular complexity index is 1240. The summed E-state index contributed by atoms with van der Waals surface area (Å²) in [6, 6.07) is 26.0. The average Bonchev–Trinajstić information content (AvgIpc) is 2.82. The summed E-state index contributed by atoms with van der Waals surface area (Å²) >= 11 is 0. The minimum atomic E-state index is -0.385. The van der Waals surface area contributed by atoms with Crippen LogP contribution >= 0.6 is 0 Å². The zero-order chi connectivity index (χ0) is 21.1. The smallest absolute Gasteiger partial charge is 0.337 e. The van der Waals surface area contributed by atoms with E-state index in [0.717, 1.165) is 21.9 Å². The van der Waals surface area contributed by atoms with Crippen LogP contribution in [-0.4, -0.2) is 26.0 Å². The Balaban J connectivity index is 1.72. The monoisotopic (exact) mass is 396 g/mol. The molecule has 0 unspecified atom stereocenters. The molecule has 0 radical (unpaired) electrons. The second-order valence-electron chi connectivity index (χ2n) is 6.88. The van der Waals surface area contributed by atoms with Gasteiger partial charge in [0.15, 0.2) is 5.78 Å². The Morgan fingerprint density at radius 2 is 1.27 bits per heavy atom. The van der Waals surface area contributed by atoms with Crippen molar-refractivity contribution in [3.63, 3.8) is 0 Å². The van der Waals surface area contributed by atoms with Gasteiger partial charge in [-0.15, -0.1) is 0 Å². The second kappa shape index (κ2) is 8.21. The molecule has 0 aliphatic carbocycles. The lowest BCUT2D eigenvalue weighted by Crippen LogP contribution is -2.03. The van der Waals surface area contributed by atoms with Gasteiger partial charge in [-0.05, 0) is 52.7 Å². The fourth-order valence-corrected chi connectivity index (χ4v) is 3.49.